The van der Waals surface area contributed by atoms with Crippen molar-refractivity contribution in [1.82, 2.24) is 19.5 Å². The molecule has 0 spiro atoms. The van der Waals surface area contributed by atoms with E-state index in [0.29, 0.717) is 0 Å². The average Bonchev–Trinajstić information content (AvgIpc) is 2.82. The predicted octanol–water partition coefficient (Wildman–Crippen LogP) is 1.77. The molecule has 4 N–H and O–H groups in total. The molecule has 2 aromatic heterocycles. The maximum Gasteiger partial charge on any atom is 0.281 e. The third kappa shape index (κ3) is 6.78. The highest BCUT2D eigenvalue weighted by molar-refractivity contribution is 7.94. The number of nitrogens with one attached hydrogen (secondary N) is 1. The van der Waals surface area contributed by atoms with E-state index in [1.165, 1.54) is 13.8 Å². The van der Waals surface area contributed by atoms with Crippen LogP contribution in [0.1, 0.15) is 22.8 Å². The first-order valence-corrected chi connectivity index (χ1v) is 13.0. The summed E-state index contributed by atoms with van der Waals surface area (Å²) in [5, 5.41) is 33.4. The number of nitrogens with zero attached hydrogens (tertiary/aromatic N) is 6. The second-order valence-corrected chi connectivity index (χ2v) is 9.86. The number of amides is 1. The molecule has 0 bridgehead atoms. The normalized spacial score (nSPS) is 11.7. The molecule has 0 aliphatic carbocycles. The highest BCUT2D eigenvalue weighted by Crippen LogP contribution is 2.39. The molecular weight excluding hydrogens is 607 g/mol. The summed E-state index contributed by atoms with van der Waals surface area (Å²) in [4.78, 5) is 34.7. The number of aromatic hydroxyl groups is 1. The standard InChI is InChI=1S/C18H16Cl2N8O9S2/c1-3-28-14(30)11(13(21)29)6(2)12(15(28)31)27-26-8-4-7(22-18-24-16(19)23-17(20)25-18)9(38-37-36-32)5-10(8)39(33,34)35/h4-5,30,32H,3H2,1-2H3,(H2,21,29)(H,33,34,35)(H,22,23,24,25)/p-2. The van der Waals surface area contributed by atoms with E-state index in [9.17, 15) is 32.9 Å². The first-order valence-electron chi connectivity index (χ1n) is 10.1. The number of azo groups is 1. The van der Waals surface area contributed by atoms with Crippen molar-refractivity contribution in [3.63, 3.8) is 0 Å². The summed E-state index contributed by atoms with van der Waals surface area (Å²) < 4.78 is 41.1. The van der Waals surface area contributed by atoms with E-state index in [2.05, 4.69) is 39.9 Å². The number of rotatable bonds is 10. The summed E-state index contributed by atoms with van der Waals surface area (Å²) in [5.74, 6) is -2.02. The Balaban J connectivity index is 2.26. The maximum atomic E-state index is 12.9. The fourth-order valence-electron chi connectivity index (χ4n) is 3.16. The Morgan fingerprint density at radius 2 is 1.90 bits per heavy atom. The summed E-state index contributed by atoms with van der Waals surface area (Å²) in [7, 11) is -5.25. The molecule has 1 aromatic carbocycles. The Bertz CT molecular complexity index is 1630. The molecule has 0 aliphatic heterocycles. The quantitative estimate of drug-likeness (QED) is 0.0958. The molecule has 21 heteroatoms. The van der Waals surface area contributed by atoms with Crippen LogP contribution in [0.15, 0.2) is 36.9 Å². The SMILES string of the molecule is CCn1c(O)c(C(N)=O)c(C)c(N=Nc2cc(Nc3nc(Cl)nc(Cl)n3)c(SOO[O-])cc2S(=O)(=O)[O-])c1=O. The van der Waals surface area contributed by atoms with Gasteiger partial charge in [-0.05, 0) is 49.2 Å². The lowest BCUT2D eigenvalue weighted by Crippen LogP contribution is -2.25. The predicted molar refractivity (Wildman–Crippen MR) is 131 cm³/mol. The van der Waals surface area contributed by atoms with Crippen molar-refractivity contribution in [3.05, 3.63) is 44.2 Å². The van der Waals surface area contributed by atoms with Crippen LogP contribution < -0.4 is 21.9 Å². The largest absolute Gasteiger partial charge is 0.744 e. The van der Waals surface area contributed by atoms with Crippen LogP contribution in [0.25, 0.3) is 0 Å². The monoisotopic (exact) mass is 620 g/mol. The van der Waals surface area contributed by atoms with Gasteiger partial charge in [-0.15, -0.1) is 10.2 Å². The van der Waals surface area contributed by atoms with Gasteiger partial charge in [0.05, 0.1) is 27.5 Å². The minimum absolute atomic E-state index is 0.0905. The van der Waals surface area contributed by atoms with Crippen LogP contribution in [0.5, 0.6) is 5.88 Å². The van der Waals surface area contributed by atoms with Gasteiger partial charge in [-0.2, -0.15) is 19.3 Å². The number of carbonyl (C=O) groups is 1. The van der Waals surface area contributed by atoms with Gasteiger partial charge in [0, 0.05) is 12.1 Å². The van der Waals surface area contributed by atoms with Gasteiger partial charge >= 0.3 is 0 Å². The van der Waals surface area contributed by atoms with Crippen LogP contribution in [-0.4, -0.2) is 43.5 Å². The summed E-state index contributed by atoms with van der Waals surface area (Å²) >= 11 is 11.7. The van der Waals surface area contributed by atoms with Crippen LogP contribution in [0.3, 0.4) is 0 Å². The van der Waals surface area contributed by atoms with Gasteiger partial charge in [0.25, 0.3) is 11.5 Å². The Morgan fingerprint density at radius 3 is 2.44 bits per heavy atom. The van der Waals surface area contributed by atoms with Crippen LogP contribution >= 0.6 is 35.2 Å². The fraction of sp³-hybridized carbons (Fsp3) is 0.167. The van der Waals surface area contributed by atoms with Crippen molar-refractivity contribution in [2.45, 2.75) is 30.2 Å². The first-order chi connectivity index (χ1) is 18.3. The number of benzene rings is 1. The van der Waals surface area contributed by atoms with Gasteiger partial charge < -0.3 is 26.0 Å². The average molecular weight is 621 g/mol. The highest BCUT2D eigenvalue weighted by atomic mass is 35.5. The molecule has 3 aromatic rings. The molecule has 2 heterocycles. The van der Waals surface area contributed by atoms with E-state index in [0.717, 1.165) is 16.7 Å². The molecule has 0 fully saturated rings. The molecule has 39 heavy (non-hydrogen) atoms. The zero-order valence-electron chi connectivity index (χ0n) is 19.4. The minimum Gasteiger partial charge on any atom is -0.744 e. The van der Waals surface area contributed by atoms with Crippen molar-refractivity contribution in [2.24, 2.45) is 16.0 Å². The Labute approximate surface area is 232 Å². The van der Waals surface area contributed by atoms with E-state index in [1.807, 2.05) is 0 Å². The summed E-state index contributed by atoms with van der Waals surface area (Å²) in [6.45, 7) is 2.65. The van der Waals surface area contributed by atoms with Crippen molar-refractivity contribution in [3.8, 4) is 5.88 Å². The van der Waals surface area contributed by atoms with Gasteiger partial charge in [0.1, 0.15) is 21.4 Å². The maximum absolute atomic E-state index is 12.9. The number of anilines is 2. The van der Waals surface area contributed by atoms with Crippen LogP contribution in [0.2, 0.25) is 10.6 Å². The molecule has 0 atom stereocenters. The van der Waals surface area contributed by atoms with Gasteiger partial charge in [-0.1, -0.05) is 0 Å². The van der Waals surface area contributed by atoms with Crippen LogP contribution in [0.4, 0.5) is 23.0 Å². The lowest BCUT2D eigenvalue weighted by molar-refractivity contribution is -0.777. The molecule has 0 radical (unpaired) electrons. The van der Waals surface area contributed by atoms with Gasteiger partial charge in [-0.3, -0.25) is 19.2 Å². The van der Waals surface area contributed by atoms with Gasteiger partial charge in [-0.25, -0.2) is 8.42 Å². The number of hydrogen-bond acceptors (Lipinski definition) is 16. The second-order valence-electron chi connectivity index (χ2n) is 7.10. The number of halogens is 2. The molecule has 1 amide bonds. The molecule has 0 unspecified atom stereocenters. The van der Waals surface area contributed by atoms with Crippen LogP contribution in [0, 0.1) is 6.92 Å². The van der Waals surface area contributed by atoms with E-state index >= 15 is 0 Å². The summed E-state index contributed by atoms with van der Waals surface area (Å²) in [6, 6.07) is 1.72. The lowest BCUT2D eigenvalue weighted by atomic mass is 10.1. The minimum atomic E-state index is -5.25. The molecular formula is C18H14Cl2N8O9S2-2. The summed E-state index contributed by atoms with van der Waals surface area (Å²) in [5.41, 5.74) is 2.63. The van der Waals surface area contributed by atoms with Crippen molar-refractivity contribution in [2.75, 3.05) is 5.32 Å². The smallest absolute Gasteiger partial charge is 0.281 e. The zero-order chi connectivity index (χ0) is 29.1. The number of primary amides is 1. The molecule has 0 aliphatic rings. The van der Waals surface area contributed by atoms with E-state index in [1.54, 1.807) is 0 Å². The number of nitrogens with two attached hydrogens (primary N) is 1. The lowest BCUT2D eigenvalue weighted by Gasteiger charge is -2.16. The number of aromatic nitrogens is 4. The Kier molecular flexibility index (Phi) is 9.40. The Morgan fingerprint density at radius 1 is 1.26 bits per heavy atom. The fourth-order valence-corrected chi connectivity index (χ4v) is 4.69. The second kappa shape index (κ2) is 12.2. The molecule has 0 saturated carbocycles. The number of pyridine rings is 1. The zero-order valence-corrected chi connectivity index (χ0v) is 22.6. The van der Waals surface area contributed by atoms with Gasteiger partial charge in [0.15, 0.2) is 5.69 Å². The van der Waals surface area contributed by atoms with Gasteiger partial charge in [0.2, 0.25) is 22.4 Å². The van der Waals surface area contributed by atoms with Crippen molar-refractivity contribution >= 4 is 74.3 Å². The van der Waals surface area contributed by atoms with E-state index in [-0.39, 0.29) is 51.2 Å². The third-order valence-corrected chi connectivity index (χ3v) is 6.63. The van der Waals surface area contributed by atoms with E-state index < -0.39 is 49.3 Å². The molecule has 0 saturated heterocycles. The molecule has 17 nitrogen and oxygen atoms in total. The molecule has 3 rings (SSSR count). The van der Waals surface area contributed by atoms with Crippen molar-refractivity contribution < 1.29 is 37.5 Å². The first kappa shape index (κ1) is 30.1. The number of hydrogen-bond donors (Lipinski definition) is 3. The highest BCUT2D eigenvalue weighted by Gasteiger charge is 2.23. The topological polar surface area (TPSA) is 259 Å². The van der Waals surface area contributed by atoms with E-state index in [4.69, 9.17) is 28.9 Å². The van der Waals surface area contributed by atoms with Crippen LogP contribution in [-0.2, 0) is 26.0 Å². The summed E-state index contributed by atoms with van der Waals surface area (Å²) in [6.07, 6.45) is 0. The third-order valence-electron chi connectivity index (χ3n) is 4.79. The number of carbonyl (C=O) groups excluding carboxylic acids is 1. The van der Waals surface area contributed by atoms with Crippen molar-refractivity contribution in [1.29, 1.82) is 0 Å². The molecule has 208 valence electrons. The Hall–Kier alpha value is -3.43.